The summed E-state index contributed by atoms with van der Waals surface area (Å²) in [5.41, 5.74) is 1.75. The number of hydrogen-bond donors (Lipinski definition) is 0. The number of rotatable bonds is 0. The van der Waals surface area contributed by atoms with Crippen molar-refractivity contribution >= 4 is 22.6 Å². The van der Waals surface area contributed by atoms with Crippen LogP contribution in [0.2, 0.25) is 0 Å². The summed E-state index contributed by atoms with van der Waals surface area (Å²) in [7, 11) is 1.48. The standard InChI is InChI=1S/C13H10N2O2/c1-7-3-4-8-6-14-11-10(9(8)5-7)12(16)15(2)13(11)17/h3-6H,1-2H3. The van der Waals surface area contributed by atoms with Crippen molar-refractivity contribution in [2.75, 3.05) is 7.05 Å². The molecule has 0 unspecified atom stereocenters. The smallest absolute Gasteiger partial charge is 0.276 e. The van der Waals surface area contributed by atoms with Crippen LogP contribution in [-0.2, 0) is 0 Å². The van der Waals surface area contributed by atoms with Gasteiger partial charge < -0.3 is 0 Å². The van der Waals surface area contributed by atoms with Crippen molar-refractivity contribution in [3.8, 4) is 0 Å². The minimum absolute atomic E-state index is 0.260. The normalized spacial score (nSPS) is 14.6. The lowest BCUT2D eigenvalue weighted by Crippen LogP contribution is -2.24. The Morgan fingerprint density at radius 3 is 2.71 bits per heavy atom. The molecule has 0 saturated carbocycles. The van der Waals surface area contributed by atoms with Gasteiger partial charge >= 0.3 is 0 Å². The largest absolute Gasteiger partial charge is 0.279 e. The third-order valence-electron chi connectivity index (χ3n) is 3.07. The van der Waals surface area contributed by atoms with E-state index in [2.05, 4.69) is 4.98 Å². The van der Waals surface area contributed by atoms with E-state index in [0.29, 0.717) is 5.56 Å². The summed E-state index contributed by atoms with van der Waals surface area (Å²) in [5.74, 6) is -0.595. The molecule has 2 heterocycles. The lowest BCUT2D eigenvalue weighted by atomic mass is 10.0. The predicted molar refractivity (Wildman–Crippen MR) is 62.9 cm³/mol. The quantitative estimate of drug-likeness (QED) is 0.643. The van der Waals surface area contributed by atoms with Gasteiger partial charge in [0.05, 0.1) is 5.56 Å². The van der Waals surface area contributed by atoms with Crippen LogP contribution in [0.4, 0.5) is 0 Å². The summed E-state index contributed by atoms with van der Waals surface area (Å²) in [4.78, 5) is 29.0. The first kappa shape index (κ1) is 9.96. The molecule has 0 N–H and O–H groups in total. The SMILES string of the molecule is Cc1ccc2cnc3c(c2c1)C(=O)N(C)C3=O. The number of amides is 2. The number of carbonyl (C=O) groups excluding carboxylic acids is 2. The fraction of sp³-hybridized carbons (Fsp3) is 0.154. The van der Waals surface area contributed by atoms with Crippen molar-refractivity contribution < 1.29 is 9.59 Å². The second-order valence-corrected chi connectivity index (χ2v) is 4.24. The number of aryl methyl sites for hydroxylation is 1. The second-order valence-electron chi connectivity index (χ2n) is 4.24. The molecule has 0 radical (unpaired) electrons. The van der Waals surface area contributed by atoms with Crippen LogP contribution < -0.4 is 0 Å². The number of carbonyl (C=O) groups is 2. The minimum atomic E-state index is -0.326. The summed E-state index contributed by atoms with van der Waals surface area (Å²) in [6.45, 7) is 1.96. The van der Waals surface area contributed by atoms with E-state index in [1.54, 1.807) is 6.20 Å². The molecule has 84 valence electrons. The second kappa shape index (κ2) is 3.13. The summed E-state index contributed by atoms with van der Waals surface area (Å²) < 4.78 is 0. The molecule has 17 heavy (non-hydrogen) atoms. The lowest BCUT2D eigenvalue weighted by molar-refractivity contribution is 0.0692. The highest BCUT2D eigenvalue weighted by Crippen LogP contribution is 2.28. The molecule has 1 aromatic carbocycles. The number of fused-ring (bicyclic) bond motifs is 3. The van der Waals surface area contributed by atoms with E-state index < -0.39 is 0 Å². The molecule has 0 bridgehead atoms. The van der Waals surface area contributed by atoms with Crippen LogP contribution in [-0.4, -0.2) is 28.7 Å². The van der Waals surface area contributed by atoms with Gasteiger partial charge in [-0.3, -0.25) is 14.5 Å². The molecule has 0 saturated heterocycles. The van der Waals surface area contributed by atoms with Gasteiger partial charge in [-0.1, -0.05) is 23.8 Å². The summed E-state index contributed by atoms with van der Waals surface area (Å²) in [6, 6.07) is 5.79. The van der Waals surface area contributed by atoms with Gasteiger partial charge in [0, 0.05) is 18.6 Å². The Labute approximate surface area is 97.9 Å². The highest BCUT2D eigenvalue weighted by Gasteiger charge is 2.35. The van der Waals surface area contributed by atoms with Crippen molar-refractivity contribution in [2.45, 2.75) is 6.92 Å². The molecule has 0 spiro atoms. The maximum absolute atomic E-state index is 12.0. The number of imide groups is 1. The molecule has 0 fully saturated rings. The number of hydrogen-bond acceptors (Lipinski definition) is 3. The summed E-state index contributed by atoms with van der Waals surface area (Å²) >= 11 is 0. The van der Waals surface area contributed by atoms with E-state index in [1.807, 2.05) is 25.1 Å². The lowest BCUT2D eigenvalue weighted by Gasteiger charge is -2.04. The maximum atomic E-state index is 12.0. The van der Waals surface area contributed by atoms with E-state index in [0.717, 1.165) is 21.2 Å². The van der Waals surface area contributed by atoms with Crippen LogP contribution >= 0.6 is 0 Å². The number of pyridine rings is 1. The topological polar surface area (TPSA) is 50.3 Å². The maximum Gasteiger partial charge on any atom is 0.279 e. The molecule has 4 heteroatoms. The monoisotopic (exact) mass is 226 g/mol. The Hall–Kier alpha value is -2.23. The number of benzene rings is 1. The van der Waals surface area contributed by atoms with Crippen molar-refractivity contribution in [3.05, 3.63) is 41.2 Å². The van der Waals surface area contributed by atoms with Crippen LogP contribution in [0, 0.1) is 6.92 Å². The van der Waals surface area contributed by atoms with Gasteiger partial charge in [0.1, 0.15) is 5.69 Å². The zero-order valence-corrected chi connectivity index (χ0v) is 9.52. The number of aromatic nitrogens is 1. The van der Waals surface area contributed by atoms with Gasteiger partial charge in [-0.25, -0.2) is 4.98 Å². The first-order valence-electron chi connectivity index (χ1n) is 5.31. The highest BCUT2D eigenvalue weighted by molar-refractivity contribution is 6.25. The van der Waals surface area contributed by atoms with E-state index in [-0.39, 0.29) is 17.5 Å². The molecule has 2 aromatic rings. The average molecular weight is 226 g/mol. The molecule has 1 aliphatic rings. The zero-order chi connectivity index (χ0) is 12.2. The predicted octanol–water partition coefficient (Wildman–Crippen LogP) is 1.77. The van der Waals surface area contributed by atoms with Gasteiger partial charge in [0.15, 0.2) is 0 Å². The van der Waals surface area contributed by atoms with Gasteiger partial charge in [-0.15, -0.1) is 0 Å². The molecule has 0 aliphatic carbocycles. The third-order valence-corrected chi connectivity index (χ3v) is 3.07. The first-order chi connectivity index (χ1) is 8.09. The highest BCUT2D eigenvalue weighted by atomic mass is 16.2. The molecule has 3 rings (SSSR count). The molecular formula is C13H10N2O2. The van der Waals surface area contributed by atoms with Crippen LogP contribution in [0.25, 0.3) is 10.8 Å². The van der Waals surface area contributed by atoms with Gasteiger partial charge in [0.25, 0.3) is 11.8 Å². The van der Waals surface area contributed by atoms with E-state index >= 15 is 0 Å². The molecule has 2 amide bonds. The van der Waals surface area contributed by atoms with Crippen molar-refractivity contribution in [1.29, 1.82) is 0 Å². The van der Waals surface area contributed by atoms with E-state index in [1.165, 1.54) is 7.05 Å². The molecule has 4 nitrogen and oxygen atoms in total. The fourth-order valence-electron chi connectivity index (χ4n) is 2.12. The summed E-state index contributed by atoms with van der Waals surface area (Å²) in [5, 5.41) is 1.68. The summed E-state index contributed by atoms with van der Waals surface area (Å²) in [6.07, 6.45) is 1.64. The van der Waals surface area contributed by atoms with Crippen LogP contribution in [0.1, 0.15) is 26.4 Å². The van der Waals surface area contributed by atoms with Gasteiger partial charge in [-0.2, -0.15) is 0 Å². The average Bonchev–Trinajstić information content (AvgIpc) is 2.54. The van der Waals surface area contributed by atoms with Gasteiger partial charge in [0.2, 0.25) is 0 Å². The number of nitrogens with zero attached hydrogens (tertiary/aromatic N) is 2. The van der Waals surface area contributed by atoms with Crippen molar-refractivity contribution in [1.82, 2.24) is 9.88 Å². The van der Waals surface area contributed by atoms with Crippen molar-refractivity contribution in [2.24, 2.45) is 0 Å². The molecule has 1 aromatic heterocycles. The Morgan fingerprint density at radius 1 is 1.18 bits per heavy atom. The van der Waals surface area contributed by atoms with E-state index in [4.69, 9.17) is 0 Å². The Kier molecular flexibility index (Phi) is 1.84. The fourth-order valence-corrected chi connectivity index (χ4v) is 2.12. The first-order valence-corrected chi connectivity index (χ1v) is 5.31. The zero-order valence-electron chi connectivity index (χ0n) is 9.52. The van der Waals surface area contributed by atoms with Gasteiger partial charge in [-0.05, 0) is 12.3 Å². The van der Waals surface area contributed by atoms with Crippen LogP contribution in [0.5, 0.6) is 0 Å². The Morgan fingerprint density at radius 2 is 1.94 bits per heavy atom. The minimum Gasteiger partial charge on any atom is -0.276 e. The Bertz CT molecular complexity index is 676. The molecule has 0 atom stereocenters. The van der Waals surface area contributed by atoms with Crippen LogP contribution in [0.15, 0.2) is 24.4 Å². The Balaban J connectivity index is 2.45. The molecular weight excluding hydrogens is 216 g/mol. The van der Waals surface area contributed by atoms with Crippen molar-refractivity contribution in [3.63, 3.8) is 0 Å². The molecule has 1 aliphatic heterocycles. The third kappa shape index (κ3) is 1.21. The van der Waals surface area contributed by atoms with Crippen LogP contribution in [0.3, 0.4) is 0 Å². The van der Waals surface area contributed by atoms with E-state index in [9.17, 15) is 9.59 Å².